The van der Waals surface area contributed by atoms with Crippen molar-refractivity contribution in [2.75, 3.05) is 26.2 Å². The van der Waals surface area contributed by atoms with Crippen molar-refractivity contribution in [1.82, 2.24) is 14.8 Å². The molecule has 4 nitrogen and oxygen atoms in total. The summed E-state index contributed by atoms with van der Waals surface area (Å²) in [5, 5.41) is 1.48. The number of benzene rings is 2. The van der Waals surface area contributed by atoms with Crippen LogP contribution in [-0.4, -0.2) is 46.9 Å². The topological polar surface area (TPSA) is 39.3 Å². The molecule has 0 radical (unpaired) electrons. The number of aromatic amines is 1. The van der Waals surface area contributed by atoms with Gasteiger partial charge in [0.05, 0.1) is 0 Å². The van der Waals surface area contributed by atoms with Crippen molar-refractivity contribution in [1.29, 1.82) is 0 Å². The quantitative estimate of drug-likeness (QED) is 0.577. The molecule has 30 heavy (non-hydrogen) atoms. The second-order valence-electron chi connectivity index (χ2n) is 8.13. The normalized spacial score (nSPS) is 17.4. The van der Waals surface area contributed by atoms with Gasteiger partial charge >= 0.3 is 0 Å². The number of nitrogens with zero attached hydrogens (tertiary/aromatic N) is 2. The van der Waals surface area contributed by atoms with E-state index in [1.165, 1.54) is 17.7 Å². The van der Waals surface area contributed by atoms with Crippen LogP contribution < -0.4 is 0 Å². The van der Waals surface area contributed by atoms with Crippen molar-refractivity contribution < 1.29 is 9.18 Å². The van der Waals surface area contributed by atoms with Crippen LogP contribution in [0.5, 0.6) is 0 Å². The van der Waals surface area contributed by atoms with Crippen LogP contribution in [0.3, 0.4) is 0 Å². The maximum atomic E-state index is 13.5. The molecule has 6 heteroatoms. The summed E-state index contributed by atoms with van der Waals surface area (Å²) in [6.45, 7) is 6.35. The highest BCUT2D eigenvalue weighted by molar-refractivity contribution is 6.30. The predicted molar refractivity (Wildman–Crippen MR) is 119 cm³/mol. The molecule has 158 valence electrons. The molecule has 2 aromatic carbocycles. The summed E-state index contributed by atoms with van der Waals surface area (Å²) in [7, 11) is 0. The van der Waals surface area contributed by atoms with Crippen molar-refractivity contribution in [2.24, 2.45) is 5.92 Å². The molecule has 0 aliphatic carbocycles. The van der Waals surface area contributed by atoms with E-state index >= 15 is 0 Å². The average Bonchev–Trinajstić information content (AvgIpc) is 3.17. The fourth-order valence-electron chi connectivity index (χ4n) is 4.35. The van der Waals surface area contributed by atoms with Crippen LogP contribution in [0.1, 0.15) is 35.8 Å². The van der Waals surface area contributed by atoms with E-state index in [1.807, 2.05) is 24.0 Å². The first-order chi connectivity index (χ1) is 14.5. The highest BCUT2D eigenvalue weighted by Gasteiger charge is 2.25. The van der Waals surface area contributed by atoms with Crippen LogP contribution >= 0.6 is 11.6 Å². The lowest BCUT2D eigenvalue weighted by Crippen LogP contribution is -2.42. The molecule has 1 N–H and O–H groups in total. The Labute approximate surface area is 181 Å². The number of nitrogens with one attached hydrogen (secondary N) is 1. The molecule has 1 aliphatic rings. The smallest absolute Gasteiger partial charge is 0.270 e. The van der Waals surface area contributed by atoms with Gasteiger partial charge in [0.2, 0.25) is 0 Å². The van der Waals surface area contributed by atoms with Gasteiger partial charge in [-0.3, -0.25) is 9.69 Å². The van der Waals surface area contributed by atoms with Crippen molar-refractivity contribution in [3.63, 3.8) is 0 Å². The molecule has 1 fully saturated rings. The number of fused-ring (bicyclic) bond motifs is 1. The van der Waals surface area contributed by atoms with Crippen molar-refractivity contribution in [3.8, 4) is 0 Å². The van der Waals surface area contributed by atoms with Gasteiger partial charge in [-0.2, -0.15) is 0 Å². The Kier molecular flexibility index (Phi) is 6.40. The Morgan fingerprint density at radius 3 is 2.80 bits per heavy atom. The summed E-state index contributed by atoms with van der Waals surface area (Å²) in [5.74, 6) is 0.122. The van der Waals surface area contributed by atoms with Crippen molar-refractivity contribution >= 4 is 28.4 Å². The van der Waals surface area contributed by atoms with Gasteiger partial charge in [0.25, 0.3) is 5.91 Å². The summed E-state index contributed by atoms with van der Waals surface area (Å²) in [5.41, 5.74) is 2.56. The van der Waals surface area contributed by atoms with E-state index in [4.69, 9.17) is 11.6 Å². The first-order valence-electron chi connectivity index (χ1n) is 10.6. The maximum Gasteiger partial charge on any atom is 0.270 e. The zero-order chi connectivity index (χ0) is 21.1. The summed E-state index contributed by atoms with van der Waals surface area (Å²) >= 11 is 5.99. The van der Waals surface area contributed by atoms with Gasteiger partial charge in [-0.25, -0.2) is 4.39 Å². The number of H-pyrrole nitrogens is 1. The van der Waals surface area contributed by atoms with E-state index in [2.05, 4.69) is 22.0 Å². The van der Waals surface area contributed by atoms with E-state index in [0.29, 0.717) is 18.2 Å². The molecule has 1 saturated heterocycles. The van der Waals surface area contributed by atoms with Crippen LogP contribution in [-0.2, 0) is 6.54 Å². The second-order valence-corrected chi connectivity index (χ2v) is 8.56. The molecule has 0 bridgehead atoms. The first kappa shape index (κ1) is 20.9. The summed E-state index contributed by atoms with van der Waals surface area (Å²) in [6, 6.07) is 14.3. The van der Waals surface area contributed by atoms with Gasteiger partial charge in [0, 0.05) is 42.1 Å². The molecule has 1 aromatic heterocycles. The Balaban J connectivity index is 1.40. The molecule has 1 atom stereocenters. The number of carbonyl (C=O) groups is 1. The second kappa shape index (κ2) is 9.19. The van der Waals surface area contributed by atoms with Crippen LogP contribution in [0.4, 0.5) is 4.39 Å². The van der Waals surface area contributed by atoms with Crippen LogP contribution in [0.15, 0.2) is 48.5 Å². The van der Waals surface area contributed by atoms with Gasteiger partial charge < -0.3 is 9.88 Å². The van der Waals surface area contributed by atoms with Gasteiger partial charge in [-0.15, -0.1) is 0 Å². The summed E-state index contributed by atoms with van der Waals surface area (Å²) in [4.78, 5) is 20.6. The van der Waals surface area contributed by atoms with Crippen LogP contribution in [0, 0.1) is 11.7 Å². The van der Waals surface area contributed by atoms with Crippen LogP contribution in [0.25, 0.3) is 10.9 Å². The lowest BCUT2D eigenvalue weighted by atomic mass is 9.96. The third-order valence-corrected chi connectivity index (χ3v) is 6.14. The number of hydrogen-bond donors (Lipinski definition) is 1. The molecule has 3 aromatic rings. The Morgan fingerprint density at radius 2 is 2.03 bits per heavy atom. The minimum absolute atomic E-state index is 0.0241. The predicted octanol–water partition coefficient (Wildman–Crippen LogP) is 5.33. The number of halogens is 2. The van der Waals surface area contributed by atoms with Crippen LogP contribution in [0.2, 0.25) is 5.02 Å². The standard InChI is InChI=1S/C24H27ClFN3O/c1-2-29(24(30)23-13-19-12-21(26)9-10-22(19)27-23)16-18-4-3-11-28(15-18)14-17-5-7-20(25)8-6-17/h5-10,12-13,18,27H,2-4,11,14-16H2,1H3. The molecule has 2 heterocycles. The number of rotatable bonds is 6. The number of aromatic nitrogens is 1. The largest absolute Gasteiger partial charge is 0.351 e. The molecular formula is C24H27ClFN3O. The number of carbonyl (C=O) groups excluding carboxylic acids is 1. The minimum Gasteiger partial charge on any atom is -0.351 e. The Bertz CT molecular complexity index is 1020. The van der Waals surface area contributed by atoms with E-state index < -0.39 is 0 Å². The molecule has 1 aliphatic heterocycles. The lowest BCUT2D eigenvalue weighted by Gasteiger charge is -2.35. The van der Waals surface area contributed by atoms with Gasteiger partial charge in [-0.05, 0) is 74.2 Å². The fraction of sp³-hybridized carbons (Fsp3) is 0.375. The SMILES string of the molecule is CCN(CC1CCCN(Cc2ccc(Cl)cc2)C1)C(=O)c1cc2cc(F)ccc2[nH]1. The molecule has 4 rings (SSSR count). The first-order valence-corrected chi connectivity index (χ1v) is 10.9. The highest BCUT2D eigenvalue weighted by atomic mass is 35.5. The molecule has 1 unspecified atom stereocenters. The summed E-state index contributed by atoms with van der Waals surface area (Å²) < 4.78 is 13.5. The van der Waals surface area contributed by atoms with Gasteiger partial charge in [0.1, 0.15) is 11.5 Å². The van der Waals surface area contributed by atoms with Crippen molar-refractivity contribution in [2.45, 2.75) is 26.3 Å². The molecule has 1 amide bonds. The van der Waals surface area contributed by atoms with E-state index in [-0.39, 0.29) is 11.7 Å². The Hall–Kier alpha value is -2.37. The monoisotopic (exact) mass is 427 g/mol. The third kappa shape index (κ3) is 4.85. The van der Waals surface area contributed by atoms with E-state index in [9.17, 15) is 9.18 Å². The molecule has 0 saturated carbocycles. The third-order valence-electron chi connectivity index (χ3n) is 5.88. The fourth-order valence-corrected chi connectivity index (χ4v) is 4.47. The van der Waals surface area contributed by atoms with Gasteiger partial charge in [-0.1, -0.05) is 23.7 Å². The molecule has 0 spiro atoms. The van der Waals surface area contributed by atoms with Crippen molar-refractivity contribution in [3.05, 3.63) is 70.6 Å². The Morgan fingerprint density at radius 1 is 1.23 bits per heavy atom. The maximum absolute atomic E-state index is 13.5. The van der Waals surface area contributed by atoms with E-state index in [0.717, 1.165) is 54.9 Å². The zero-order valence-electron chi connectivity index (χ0n) is 17.2. The number of piperidine rings is 1. The molecular weight excluding hydrogens is 401 g/mol. The zero-order valence-corrected chi connectivity index (χ0v) is 18.0. The van der Waals surface area contributed by atoms with E-state index in [1.54, 1.807) is 12.1 Å². The minimum atomic E-state index is -0.296. The average molecular weight is 428 g/mol. The lowest BCUT2D eigenvalue weighted by molar-refractivity contribution is 0.0680. The summed E-state index contributed by atoms with van der Waals surface area (Å²) in [6.07, 6.45) is 2.26. The number of amides is 1. The number of likely N-dealkylation sites (tertiary alicyclic amines) is 1. The van der Waals surface area contributed by atoms with Gasteiger partial charge in [0.15, 0.2) is 0 Å². The highest BCUT2D eigenvalue weighted by Crippen LogP contribution is 2.22. The number of hydrogen-bond acceptors (Lipinski definition) is 2.